The second kappa shape index (κ2) is 7.51. The van der Waals surface area contributed by atoms with E-state index in [2.05, 4.69) is 0 Å². The summed E-state index contributed by atoms with van der Waals surface area (Å²) in [6, 6.07) is 18.2. The number of hydrogen-bond acceptors (Lipinski definition) is 3. The lowest BCUT2D eigenvalue weighted by molar-refractivity contribution is -1.10. The molecule has 3 aliphatic rings. The van der Waals surface area contributed by atoms with Crippen LogP contribution in [0.25, 0.3) is 0 Å². The molecule has 3 fully saturated rings. The van der Waals surface area contributed by atoms with E-state index in [1.807, 2.05) is 36.4 Å². The third-order valence-corrected chi connectivity index (χ3v) is 5.79. The van der Waals surface area contributed by atoms with E-state index in [0.717, 1.165) is 44.8 Å². The third-order valence-electron chi connectivity index (χ3n) is 5.79. The van der Waals surface area contributed by atoms with E-state index in [4.69, 9.17) is 4.84 Å². The second-order valence-electron chi connectivity index (χ2n) is 7.28. The Balaban J connectivity index is 0.00000196. The van der Waals surface area contributed by atoms with Crippen molar-refractivity contribution in [1.82, 2.24) is 0 Å². The van der Waals surface area contributed by atoms with Gasteiger partial charge in [0.05, 0.1) is 0 Å². The molecule has 2 aromatic carbocycles. The van der Waals surface area contributed by atoms with Crippen molar-refractivity contribution in [1.29, 1.82) is 0 Å². The molecule has 138 valence electrons. The third kappa shape index (κ3) is 3.31. The van der Waals surface area contributed by atoms with E-state index in [-0.39, 0.29) is 17.0 Å². The number of rotatable bonds is 4. The zero-order valence-corrected chi connectivity index (χ0v) is 16.3. The highest BCUT2D eigenvalue weighted by molar-refractivity contribution is 5.85. The summed E-state index contributed by atoms with van der Waals surface area (Å²) >= 11 is 0. The lowest BCUT2D eigenvalue weighted by atomic mass is 9.86. The van der Waals surface area contributed by atoms with Gasteiger partial charge in [0.1, 0.15) is 19.6 Å². The standard InChI is InChI=1S/C21H24NO3.BrH/c23-20(25-22-14-11-17(12-15-22)13-16-22)21(24,18-7-3-1-4-8-18)19-9-5-2-6-10-19;/h1-10,17,24H,11-16H2;1H/q+1;/p-1. The van der Waals surface area contributed by atoms with Gasteiger partial charge in [0.25, 0.3) is 0 Å². The lowest BCUT2D eigenvalue weighted by Gasteiger charge is -2.46. The Hall–Kier alpha value is -1.69. The monoisotopic (exact) mass is 417 g/mol. The summed E-state index contributed by atoms with van der Waals surface area (Å²) in [7, 11) is 0. The van der Waals surface area contributed by atoms with Gasteiger partial charge in [0.2, 0.25) is 5.60 Å². The molecule has 0 atom stereocenters. The fourth-order valence-electron chi connectivity index (χ4n) is 4.16. The molecule has 0 spiro atoms. The van der Waals surface area contributed by atoms with Crippen molar-refractivity contribution in [2.45, 2.75) is 24.9 Å². The predicted molar refractivity (Wildman–Crippen MR) is 94.2 cm³/mol. The first-order chi connectivity index (χ1) is 12.1. The molecule has 3 aliphatic heterocycles. The van der Waals surface area contributed by atoms with Crippen LogP contribution in [0.5, 0.6) is 0 Å². The Labute approximate surface area is 164 Å². The Kier molecular flexibility index (Phi) is 5.51. The molecule has 0 aromatic heterocycles. The molecule has 5 heteroatoms. The first kappa shape index (κ1) is 19.1. The molecule has 2 bridgehead atoms. The molecular formula is C21H24BrNO3. The van der Waals surface area contributed by atoms with Gasteiger partial charge in [-0.25, -0.2) is 4.79 Å². The average Bonchev–Trinajstić information content (AvgIpc) is 2.69. The zero-order valence-electron chi connectivity index (χ0n) is 14.7. The first-order valence-corrected chi connectivity index (χ1v) is 9.06. The van der Waals surface area contributed by atoms with Crippen LogP contribution >= 0.6 is 0 Å². The first-order valence-electron chi connectivity index (χ1n) is 9.06. The highest BCUT2D eigenvalue weighted by Gasteiger charge is 2.50. The number of halogens is 1. The van der Waals surface area contributed by atoms with Gasteiger partial charge in [0.15, 0.2) is 0 Å². The number of carbonyl (C=O) groups is 1. The quantitative estimate of drug-likeness (QED) is 0.713. The molecule has 4 nitrogen and oxygen atoms in total. The average molecular weight is 418 g/mol. The van der Waals surface area contributed by atoms with Crippen LogP contribution in [0.15, 0.2) is 60.7 Å². The highest BCUT2D eigenvalue weighted by atomic mass is 79.9. The molecule has 0 unspecified atom stereocenters. The summed E-state index contributed by atoms with van der Waals surface area (Å²) < 4.78 is 0.358. The molecule has 1 N–H and O–H groups in total. The minimum atomic E-state index is -1.79. The van der Waals surface area contributed by atoms with Gasteiger partial charge in [-0.2, -0.15) is 0 Å². The fourth-order valence-corrected chi connectivity index (χ4v) is 4.16. The molecule has 0 radical (unpaired) electrons. The summed E-state index contributed by atoms with van der Waals surface area (Å²) in [6.45, 7) is 2.57. The Morgan fingerprint density at radius 1 is 0.885 bits per heavy atom. The van der Waals surface area contributed by atoms with Crippen LogP contribution in [-0.2, 0) is 15.2 Å². The predicted octanol–water partition coefficient (Wildman–Crippen LogP) is 0.0152. The fraction of sp³-hybridized carbons (Fsp3) is 0.381. The van der Waals surface area contributed by atoms with Gasteiger partial charge in [-0.15, -0.1) is 4.65 Å². The summed E-state index contributed by atoms with van der Waals surface area (Å²) in [4.78, 5) is 19.2. The van der Waals surface area contributed by atoms with Crippen LogP contribution in [0.2, 0.25) is 0 Å². The van der Waals surface area contributed by atoms with Gasteiger partial charge in [0, 0.05) is 19.3 Å². The molecule has 0 saturated carbocycles. The number of nitrogens with zero attached hydrogens (tertiary/aromatic N) is 1. The van der Waals surface area contributed by atoms with Crippen LogP contribution in [0, 0.1) is 5.92 Å². The maximum Gasteiger partial charge on any atom is 0.407 e. The van der Waals surface area contributed by atoms with Crippen molar-refractivity contribution in [2.24, 2.45) is 5.92 Å². The number of hydroxylamine groups is 3. The van der Waals surface area contributed by atoms with E-state index >= 15 is 0 Å². The normalized spacial score (nSPS) is 24.6. The zero-order chi connectivity index (χ0) is 17.3. The minimum Gasteiger partial charge on any atom is -1.00 e. The molecule has 3 heterocycles. The number of quaternary nitrogens is 1. The van der Waals surface area contributed by atoms with E-state index < -0.39 is 11.6 Å². The van der Waals surface area contributed by atoms with Crippen molar-refractivity contribution in [3.05, 3.63) is 71.8 Å². The highest BCUT2D eigenvalue weighted by Crippen LogP contribution is 2.37. The van der Waals surface area contributed by atoms with Crippen molar-refractivity contribution >= 4 is 5.97 Å². The Morgan fingerprint density at radius 3 is 1.73 bits per heavy atom. The molecular weight excluding hydrogens is 394 g/mol. The van der Waals surface area contributed by atoms with Gasteiger partial charge in [-0.1, -0.05) is 60.7 Å². The molecule has 5 rings (SSSR count). The van der Waals surface area contributed by atoms with Crippen molar-refractivity contribution in [3.8, 4) is 0 Å². The number of benzene rings is 2. The van der Waals surface area contributed by atoms with Crippen LogP contribution in [0.4, 0.5) is 0 Å². The Morgan fingerprint density at radius 2 is 1.31 bits per heavy atom. The van der Waals surface area contributed by atoms with E-state index in [1.165, 1.54) is 0 Å². The number of aliphatic hydroxyl groups is 1. The molecule has 0 aliphatic carbocycles. The van der Waals surface area contributed by atoms with E-state index in [9.17, 15) is 9.90 Å². The Bertz CT molecular complexity index is 689. The van der Waals surface area contributed by atoms with Crippen LogP contribution in [0.1, 0.15) is 30.4 Å². The van der Waals surface area contributed by atoms with E-state index in [1.54, 1.807) is 24.3 Å². The molecule has 0 amide bonds. The number of hydrogen-bond donors (Lipinski definition) is 1. The van der Waals surface area contributed by atoms with Crippen LogP contribution in [-0.4, -0.2) is 35.4 Å². The number of carbonyl (C=O) groups excluding carboxylic acids is 1. The van der Waals surface area contributed by atoms with Gasteiger partial charge in [-0.05, 0) is 17.0 Å². The smallest absolute Gasteiger partial charge is 0.407 e. The number of piperidine rings is 3. The van der Waals surface area contributed by atoms with Gasteiger partial charge in [-0.3, -0.25) is 4.84 Å². The lowest BCUT2D eigenvalue weighted by Crippen LogP contribution is -3.00. The molecule has 2 aromatic rings. The van der Waals surface area contributed by atoms with E-state index in [0.29, 0.717) is 15.8 Å². The summed E-state index contributed by atoms with van der Waals surface area (Å²) in [5.41, 5.74) is -0.711. The van der Waals surface area contributed by atoms with Gasteiger partial charge >= 0.3 is 5.97 Å². The van der Waals surface area contributed by atoms with Crippen molar-refractivity contribution < 1.29 is 36.4 Å². The maximum atomic E-state index is 13.2. The second-order valence-corrected chi connectivity index (χ2v) is 7.28. The summed E-state index contributed by atoms with van der Waals surface area (Å²) in [5.74, 6) is 0.200. The van der Waals surface area contributed by atoms with Crippen molar-refractivity contribution in [3.63, 3.8) is 0 Å². The summed E-state index contributed by atoms with van der Waals surface area (Å²) in [6.07, 6.45) is 3.30. The SMILES string of the molecule is O=C(O[N+]12CCC(CC1)CC2)C(O)(c1ccccc1)c1ccccc1.[Br-]. The maximum absolute atomic E-state index is 13.2. The molecule has 26 heavy (non-hydrogen) atoms. The van der Waals surface area contributed by atoms with Crippen LogP contribution in [0.3, 0.4) is 0 Å². The number of fused-ring (bicyclic) bond motifs is 3. The van der Waals surface area contributed by atoms with Gasteiger partial charge < -0.3 is 22.1 Å². The largest absolute Gasteiger partial charge is 1.00 e. The molecule has 3 saturated heterocycles. The van der Waals surface area contributed by atoms with Crippen molar-refractivity contribution in [2.75, 3.05) is 19.6 Å². The topological polar surface area (TPSA) is 46.5 Å². The summed E-state index contributed by atoms with van der Waals surface area (Å²) in [5, 5.41) is 11.5. The van der Waals surface area contributed by atoms with Crippen LogP contribution < -0.4 is 17.0 Å². The minimum absolute atomic E-state index is 0.